The fraction of sp³-hybridized carbons (Fsp3) is 0.455. The topological polar surface area (TPSA) is 63.9 Å². The van der Waals surface area contributed by atoms with Gasteiger partial charge in [0.05, 0.1) is 15.8 Å². The molecule has 1 aliphatic rings. The first-order valence-electron chi connectivity index (χ1n) is 5.22. The molecule has 0 aromatic heterocycles. The molecule has 1 fully saturated rings. The zero-order valence-corrected chi connectivity index (χ0v) is 13.3. The monoisotopic (exact) mass is 461 g/mol. The van der Waals surface area contributed by atoms with E-state index in [9.17, 15) is 15.3 Å². The number of halogens is 2. The van der Waals surface area contributed by atoms with Crippen LogP contribution < -0.4 is 0 Å². The van der Waals surface area contributed by atoms with E-state index in [-0.39, 0.29) is 0 Å². The molecule has 1 heterocycles. The number of benzene rings is 1. The van der Waals surface area contributed by atoms with Crippen molar-refractivity contribution >= 4 is 45.2 Å². The minimum absolute atomic E-state index is 0.293. The number of aliphatic hydroxyl groups excluding tert-OH is 2. The summed E-state index contributed by atoms with van der Waals surface area (Å²) >= 11 is 4.31. The first-order chi connectivity index (χ1) is 7.97. The van der Waals surface area contributed by atoms with Gasteiger partial charge >= 0.3 is 0 Å². The summed E-state index contributed by atoms with van der Waals surface area (Å²) in [5, 5.41) is 28.9. The van der Waals surface area contributed by atoms with Crippen LogP contribution in [0.5, 0.6) is 5.75 Å². The van der Waals surface area contributed by atoms with Crippen molar-refractivity contribution in [2.24, 2.45) is 0 Å². The molecule has 94 valence electrons. The molecule has 1 aromatic carbocycles. The van der Waals surface area contributed by atoms with E-state index < -0.39 is 12.2 Å². The summed E-state index contributed by atoms with van der Waals surface area (Å²) in [7, 11) is 0. The first kappa shape index (κ1) is 13.8. The molecule has 0 unspecified atom stereocenters. The van der Waals surface area contributed by atoms with Gasteiger partial charge in [-0.1, -0.05) is 0 Å². The van der Waals surface area contributed by atoms with E-state index in [0.717, 1.165) is 12.7 Å². The average Bonchev–Trinajstić information content (AvgIpc) is 2.54. The van der Waals surface area contributed by atoms with Crippen molar-refractivity contribution < 1.29 is 15.3 Å². The van der Waals surface area contributed by atoms with E-state index in [2.05, 4.69) is 45.2 Å². The Hall–Kier alpha value is 0.360. The molecular formula is C11H13I2NO3. The molecule has 0 radical (unpaired) electrons. The number of likely N-dealkylation sites (tertiary alicyclic amines) is 1. The van der Waals surface area contributed by atoms with Gasteiger partial charge < -0.3 is 15.3 Å². The van der Waals surface area contributed by atoms with Gasteiger partial charge in [0.2, 0.25) is 0 Å². The Labute approximate surface area is 127 Å². The van der Waals surface area contributed by atoms with Crippen LogP contribution >= 0.6 is 45.2 Å². The van der Waals surface area contributed by atoms with Crippen LogP contribution in [-0.4, -0.2) is 45.5 Å². The van der Waals surface area contributed by atoms with E-state index in [0.29, 0.717) is 25.4 Å². The van der Waals surface area contributed by atoms with Crippen molar-refractivity contribution in [2.45, 2.75) is 18.8 Å². The van der Waals surface area contributed by atoms with E-state index in [1.54, 1.807) is 0 Å². The Bertz CT molecular complexity index is 417. The lowest BCUT2D eigenvalue weighted by Crippen LogP contribution is -2.22. The second kappa shape index (κ2) is 5.55. The Balaban J connectivity index is 2.14. The summed E-state index contributed by atoms with van der Waals surface area (Å²) in [5.74, 6) is 0.293. The number of nitrogens with zero attached hydrogens (tertiary/aromatic N) is 1. The molecule has 1 saturated heterocycles. The lowest BCUT2D eigenvalue weighted by atomic mass is 10.2. The van der Waals surface area contributed by atoms with E-state index in [1.165, 1.54) is 0 Å². The molecule has 2 rings (SSSR count). The van der Waals surface area contributed by atoms with Crippen molar-refractivity contribution in [3.63, 3.8) is 0 Å². The number of β-amino-alcohol motifs (C(OH)–C–C–N with tert-alkyl or cyclic N) is 2. The lowest BCUT2D eigenvalue weighted by molar-refractivity contribution is 0.0572. The minimum Gasteiger partial charge on any atom is -0.507 e. The van der Waals surface area contributed by atoms with E-state index in [4.69, 9.17) is 0 Å². The fourth-order valence-corrected chi connectivity index (χ4v) is 3.92. The summed E-state index contributed by atoms with van der Waals surface area (Å²) in [6.45, 7) is 1.44. The lowest BCUT2D eigenvalue weighted by Gasteiger charge is -2.16. The van der Waals surface area contributed by atoms with Crippen LogP contribution in [0, 0.1) is 7.14 Å². The molecule has 0 aliphatic carbocycles. The molecule has 1 aromatic rings. The van der Waals surface area contributed by atoms with Crippen molar-refractivity contribution in [3.05, 3.63) is 24.8 Å². The number of phenols is 1. The summed E-state index contributed by atoms with van der Waals surface area (Å²) in [5.41, 5.74) is 0.836. The molecule has 1 aliphatic heterocycles. The molecule has 17 heavy (non-hydrogen) atoms. The molecule has 0 bridgehead atoms. The van der Waals surface area contributed by atoms with Gasteiger partial charge in [-0.05, 0) is 57.3 Å². The van der Waals surface area contributed by atoms with Crippen molar-refractivity contribution in [1.29, 1.82) is 0 Å². The molecule has 0 saturated carbocycles. The van der Waals surface area contributed by atoms with Gasteiger partial charge in [0, 0.05) is 28.8 Å². The van der Waals surface area contributed by atoms with Crippen molar-refractivity contribution in [2.75, 3.05) is 13.1 Å². The molecule has 0 spiro atoms. The Morgan fingerprint density at radius 2 is 1.76 bits per heavy atom. The van der Waals surface area contributed by atoms with Crippen molar-refractivity contribution in [3.8, 4) is 5.75 Å². The van der Waals surface area contributed by atoms with Crippen LogP contribution in [0.1, 0.15) is 5.56 Å². The largest absolute Gasteiger partial charge is 0.507 e. The van der Waals surface area contributed by atoms with E-state index >= 15 is 0 Å². The summed E-state index contributed by atoms with van der Waals surface area (Å²) < 4.78 is 1.89. The quantitative estimate of drug-likeness (QED) is 0.579. The van der Waals surface area contributed by atoms with Crippen LogP contribution in [0.25, 0.3) is 0 Å². The molecule has 3 N–H and O–H groups in total. The Kier molecular flexibility index (Phi) is 4.50. The third kappa shape index (κ3) is 3.22. The minimum atomic E-state index is -0.681. The smallest absolute Gasteiger partial charge is 0.133 e. The number of aromatic hydroxyl groups is 1. The summed E-state index contributed by atoms with van der Waals surface area (Å²) in [6, 6.07) is 3.84. The number of rotatable bonds is 2. The number of hydrogen-bond acceptors (Lipinski definition) is 4. The normalized spacial score (nSPS) is 25.4. The van der Waals surface area contributed by atoms with Crippen LogP contribution in [0.4, 0.5) is 0 Å². The Morgan fingerprint density at radius 1 is 1.18 bits per heavy atom. The SMILES string of the molecule is Oc1c(I)cc(I)cc1CN1C[C@@H](O)[C@H](O)C1. The van der Waals surface area contributed by atoms with Crippen LogP contribution in [0.2, 0.25) is 0 Å². The number of hydrogen-bond donors (Lipinski definition) is 3. The van der Waals surface area contributed by atoms with Gasteiger partial charge in [0.1, 0.15) is 5.75 Å². The van der Waals surface area contributed by atoms with E-state index in [1.807, 2.05) is 17.0 Å². The highest BCUT2D eigenvalue weighted by Crippen LogP contribution is 2.28. The number of aliphatic hydroxyl groups is 2. The van der Waals surface area contributed by atoms with Crippen LogP contribution in [0.3, 0.4) is 0 Å². The maximum Gasteiger partial charge on any atom is 0.133 e. The number of phenolic OH excluding ortho intramolecular Hbond substituents is 1. The maximum absolute atomic E-state index is 9.95. The van der Waals surface area contributed by atoms with Gasteiger partial charge in [-0.3, -0.25) is 4.90 Å². The van der Waals surface area contributed by atoms with Crippen molar-refractivity contribution in [1.82, 2.24) is 4.90 Å². The molecular weight excluding hydrogens is 448 g/mol. The Morgan fingerprint density at radius 3 is 2.35 bits per heavy atom. The standard InChI is InChI=1S/C11H13I2NO3/c12-7-1-6(11(17)8(13)2-7)3-14-4-9(15)10(16)5-14/h1-2,9-10,15-17H,3-5H2/t9-,10-/m1/s1. The highest BCUT2D eigenvalue weighted by Gasteiger charge is 2.29. The first-order valence-corrected chi connectivity index (χ1v) is 7.38. The zero-order chi connectivity index (χ0) is 12.6. The van der Waals surface area contributed by atoms with Gasteiger partial charge in [-0.15, -0.1) is 0 Å². The third-order valence-corrected chi connectivity index (χ3v) is 4.28. The average molecular weight is 461 g/mol. The highest BCUT2D eigenvalue weighted by atomic mass is 127. The molecule has 6 heteroatoms. The van der Waals surface area contributed by atoms with Crippen LogP contribution in [-0.2, 0) is 6.54 Å². The summed E-state index contributed by atoms with van der Waals surface area (Å²) in [6.07, 6.45) is -1.36. The second-order valence-electron chi connectivity index (χ2n) is 4.22. The third-order valence-electron chi connectivity index (χ3n) is 2.84. The fourth-order valence-electron chi connectivity index (χ4n) is 1.96. The highest BCUT2D eigenvalue weighted by molar-refractivity contribution is 14.1. The van der Waals surface area contributed by atoms with Gasteiger partial charge in [0.25, 0.3) is 0 Å². The predicted octanol–water partition coefficient (Wildman–Crippen LogP) is 1.14. The zero-order valence-electron chi connectivity index (χ0n) is 8.98. The predicted molar refractivity (Wildman–Crippen MR) is 80.8 cm³/mol. The molecule has 0 amide bonds. The van der Waals surface area contributed by atoms with Gasteiger partial charge in [0.15, 0.2) is 0 Å². The second-order valence-corrected chi connectivity index (χ2v) is 6.63. The van der Waals surface area contributed by atoms with Gasteiger partial charge in [-0.2, -0.15) is 0 Å². The van der Waals surface area contributed by atoms with Gasteiger partial charge in [-0.25, -0.2) is 0 Å². The summed E-state index contributed by atoms with van der Waals surface area (Å²) in [4.78, 5) is 1.94. The maximum atomic E-state index is 9.95. The molecule has 4 nitrogen and oxygen atoms in total. The van der Waals surface area contributed by atoms with Crippen LogP contribution in [0.15, 0.2) is 12.1 Å². The molecule has 2 atom stereocenters.